The Bertz CT molecular complexity index is 505. The zero-order valence-corrected chi connectivity index (χ0v) is 17.8. The topological polar surface area (TPSA) is 84.9 Å². The first-order chi connectivity index (χ1) is 11.4. The Hall–Kier alpha value is -0.860. The Morgan fingerprint density at radius 3 is 2.16 bits per heavy atom. The molecule has 0 saturated heterocycles. The van der Waals surface area contributed by atoms with Crippen molar-refractivity contribution < 1.29 is 22.7 Å². The number of alkyl carbamates (subject to hydrolysis) is 1. The van der Waals surface area contributed by atoms with Crippen LogP contribution in [-0.2, 0) is 19.5 Å². The fourth-order valence-electron chi connectivity index (χ4n) is 2.78. The number of amides is 1. The summed E-state index contributed by atoms with van der Waals surface area (Å²) in [7, 11) is -1.96. The molecule has 0 aromatic rings. The van der Waals surface area contributed by atoms with Gasteiger partial charge in [0, 0.05) is 19.1 Å². The van der Waals surface area contributed by atoms with E-state index >= 15 is 0 Å². The van der Waals surface area contributed by atoms with Gasteiger partial charge in [-0.2, -0.15) is 4.31 Å². The average molecular weight is 381 g/mol. The van der Waals surface area contributed by atoms with Crippen molar-refractivity contribution in [2.45, 2.75) is 72.6 Å². The van der Waals surface area contributed by atoms with Crippen LogP contribution in [0.4, 0.5) is 4.79 Å². The number of rotatable bonds is 11. The molecule has 1 N–H and O–H groups in total. The maximum absolute atomic E-state index is 12.0. The highest BCUT2D eigenvalue weighted by Gasteiger charge is 2.36. The summed E-state index contributed by atoms with van der Waals surface area (Å²) in [5.74, 6) is 0. The van der Waals surface area contributed by atoms with Crippen molar-refractivity contribution in [1.29, 1.82) is 0 Å². The molecule has 0 aliphatic heterocycles. The molecule has 0 fully saturated rings. The molecule has 0 radical (unpaired) electrons. The van der Waals surface area contributed by atoms with Crippen LogP contribution in [0, 0.1) is 5.41 Å². The summed E-state index contributed by atoms with van der Waals surface area (Å²) in [6, 6.07) is -0.0750. The summed E-state index contributed by atoms with van der Waals surface area (Å²) in [6.07, 6.45) is 1.82. The summed E-state index contributed by atoms with van der Waals surface area (Å²) in [6.45, 7) is 12.4. The highest BCUT2D eigenvalue weighted by Crippen LogP contribution is 2.32. The summed E-state index contributed by atoms with van der Waals surface area (Å²) in [5, 5.41) is 2.83. The van der Waals surface area contributed by atoms with Crippen molar-refractivity contribution in [2.75, 3.05) is 26.5 Å². The molecule has 8 heteroatoms. The molecule has 0 saturated carbocycles. The molecule has 0 spiro atoms. The predicted molar refractivity (Wildman–Crippen MR) is 100 cm³/mol. The molecule has 7 nitrogen and oxygen atoms in total. The third-order valence-corrected chi connectivity index (χ3v) is 5.62. The van der Waals surface area contributed by atoms with Gasteiger partial charge in [0.2, 0.25) is 10.0 Å². The Kier molecular flexibility index (Phi) is 9.97. The third-order valence-electron chi connectivity index (χ3n) is 4.27. The third kappa shape index (κ3) is 8.87. The minimum absolute atomic E-state index is 0.0313. The van der Waals surface area contributed by atoms with Crippen LogP contribution in [0.2, 0.25) is 0 Å². The molecule has 2 unspecified atom stereocenters. The van der Waals surface area contributed by atoms with Gasteiger partial charge in [-0.3, -0.25) is 0 Å². The summed E-state index contributed by atoms with van der Waals surface area (Å²) >= 11 is 0. The second-order valence-corrected chi connectivity index (χ2v) is 9.30. The highest BCUT2D eigenvalue weighted by molar-refractivity contribution is 7.88. The normalized spacial score (nSPS) is 15.3. The second-order valence-electron chi connectivity index (χ2n) is 7.32. The number of carbonyl (C=O) groups excluding carboxylic acids is 1. The highest BCUT2D eigenvalue weighted by atomic mass is 32.2. The Labute approximate surface area is 153 Å². The molecule has 0 bridgehead atoms. The number of nitrogens with zero attached hydrogens (tertiary/aromatic N) is 1. The molecule has 2 atom stereocenters. The van der Waals surface area contributed by atoms with Crippen LogP contribution in [0.3, 0.4) is 0 Å². The molecule has 150 valence electrons. The standard InChI is InChI=1S/C17H36N2O5S/c1-9-14(18-16(20)23-7)11-17(5,6)15(24-13(3)4)12-19(10-2)25(8,21)22/h13-15H,9-12H2,1-8H3,(H,18,20). The number of hydrogen-bond donors (Lipinski definition) is 1. The summed E-state index contributed by atoms with van der Waals surface area (Å²) < 4.78 is 36.1. The van der Waals surface area contributed by atoms with E-state index in [-0.39, 0.29) is 30.2 Å². The Morgan fingerprint density at radius 1 is 1.24 bits per heavy atom. The van der Waals surface area contributed by atoms with E-state index in [4.69, 9.17) is 4.74 Å². The number of methoxy groups -OCH3 is 1. The van der Waals surface area contributed by atoms with E-state index in [0.717, 1.165) is 6.42 Å². The van der Waals surface area contributed by atoms with E-state index in [9.17, 15) is 13.2 Å². The van der Waals surface area contributed by atoms with E-state index in [1.54, 1.807) is 0 Å². The maximum Gasteiger partial charge on any atom is 0.407 e. The van der Waals surface area contributed by atoms with Gasteiger partial charge in [-0.15, -0.1) is 0 Å². The fraction of sp³-hybridized carbons (Fsp3) is 0.941. The van der Waals surface area contributed by atoms with E-state index in [1.165, 1.54) is 17.7 Å². The number of sulfonamides is 1. The maximum atomic E-state index is 12.0. The SMILES string of the molecule is CCC(CC(C)(C)C(CN(CC)S(C)(=O)=O)OC(C)C)NC(=O)OC. The molecule has 0 aromatic heterocycles. The van der Waals surface area contributed by atoms with Crippen LogP contribution in [-0.4, -0.2) is 63.5 Å². The molecule has 0 aromatic carbocycles. The minimum Gasteiger partial charge on any atom is -0.453 e. The van der Waals surface area contributed by atoms with Crippen LogP contribution in [0.15, 0.2) is 0 Å². The number of nitrogens with one attached hydrogen (secondary N) is 1. The molecule has 0 aliphatic carbocycles. The van der Waals surface area contributed by atoms with Gasteiger partial charge >= 0.3 is 6.09 Å². The zero-order valence-electron chi connectivity index (χ0n) is 17.0. The van der Waals surface area contributed by atoms with Crippen LogP contribution >= 0.6 is 0 Å². The van der Waals surface area contributed by atoms with Gasteiger partial charge in [-0.25, -0.2) is 13.2 Å². The lowest BCUT2D eigenvalue weighted by molar-refractivity contribution is -0.0703. The van der Waals surface area contributed by atoms with E-state index in [0.29, 0.717) is 13.0 Å². The monoisotopic (exact) mass is 380 g/mol. The first kappa shape index (κ1) is 24.1. The van der Waals surface area contributed by atoms with Crippen molar-refractivity contribution in [1.82, 2.24) is 9.62 Å². The van der Waals surface area contributed by atoms with Crippen LogP contribution in [0.1, 0.15) is 54.4 Å². The minimum atomic E-state index is -3.30. The van der Waals surface area contributed by atoms with Crippen LogP contribution in [0.25, 0.3) is 0 Å². The zero-order chi connectivity index (χ0) is 19.8. The lowest BCUT2D eigenvalue weighted by Crippen LogP contribution is -2.48. The van der Waals surface area contributed by atoms with E-state index in [1.807, 2.05) is 41.5 Å². The van der Waals surface area contributed by atoms with Crippen molar-refractivity contribution >= 4 is 16.1 Å². The predicted octanol–water partition coefficient (Wildman–Crippen LogP) is 2.61. The van der Waals surface area contributed by atoms with Crippen molar-refractivity contribution in [3.05, 3.63) is 0 Å². The van der Waals surface area contributed by atoms with Gasteiger partial charge in [0.1, 0.15) is 0 Å². The van der Waals surface area contributed by atoms with Crippen LogP contribution in [0.5, 0.6) is 0 Å². The number of likely N-dealkylation sites (N-methyl/N-ethyl adjacent to an activating group) is 1. The molecule has 25 heavy (non-hydrogen) atoms. The lowest BCUT2D eigenvalue weighted by atomic mass is 9.79. The van der Waals surface area contributed by atoms with Gasteiger partial charge < -0.3 is 14.8 Å². The van der Waals surface area contributed by atoms with Crippen molar-refractivity contribution in [2.24, 2.45) is 5.41 Å². The fourth-order valence-corrected chi connectivity index (χ4v) is 3.65. The van der Waals surface area contributed by atoms with Crippen LogP contribution < -0.4 is 5.32 Å². The molecular formula is C17H36N2O5S. The number of hydrogen-bond acceptors (Lipinski definition) is 5. The first-order valence-corrected chi connectivity index (χ1v) is 10.7. The van der Waals surface area contributed by atoms with Crippen molar-refractivity contribution in [3.8, 4) is 0 Å². The average Bonchev–Trinajstić information content (AvgIpc) is 2.48. The van der Waals surface area contributed by atoms with Gasteiger partial charge in [-0.1, -0.05) is 27.7 Å². The Morgan fingerprint density at radius 2 is 1.80 bits per heavy atom. The molecule has 0 aliphatic rings. The second kappa shape index (κ2) is 10.3. The quantitative estimate of drug-likeness (QED) is 0.595. The molecule has 0 heterocycles. The van der Waals surface area contributed by atoms with Gasteiger partial charge in [-0.05, 0) is 32.1 Å². The van der Waals surface area contributed by atoms with Gasteiger partial charge in [0.05, 0.1) is 25.6 Å². The first-order valence-electron chi connectivity index (χ1n) is 8.82. The largest absolute Gasteiger partial charge is 0.453 e. The molecule has 1 amide bonds. The van der Waals surface area contributed by atoms with E-state index in [2.05, 4.69) is 10.1 Å². The van der Waals surface area contributed by atoms with Gasteiger partial charge in [0.15, 0.2) is 0 Å². The van der Waals surface area contributed by atoms with Gasteiger partial charge in [0.25, 0.3) is 0 Å². The van der Waals surface area contributed by atoms with Crippen molar-refractivity contribution in [3.63, 3.8) is 0 Å². The molecular weight excluding hydrogens is 344 g/mol. The molecule has 0 rings (SSSR count). The smallest absolute Gasteiger partial charge is 0.407 e. The number of ether oxygens (including phenoxy) is 2. The lowest BCUT2D eigenvalue weighted by Gasteiger charge is -2.39. The van der Waals surface area contributed by atoms with E-state index < -0.39 is 16.1 Å². The Balaban J connectivity index is 5.35. The number of carbonyl (C=O) groups is 1. The summed E-state index contributed by atoms with van der Waals surface area (Å²) in [5.41, 5.74) is -0.343. The summed E-state index contributed by atoms with van der Waals surface area (Å²) in [4.78, 5) is 11.5.